The number of hydrogen-bond acceptors (Lipinski definition) is 6. The Balaban J connectivity index is 1.90. The summed E-state index contributed by atoms with van der Waals surface area (Å²) in [5.74, 6) is -0.106. The molecule has 3 aliphatic rings. The van der Waals surface area contributed by atoms with E-state index in [1.807, 2.05) is 27.7 Å². The Morgan fingerprint density at radius 1 is 1.12 bits per heavy atom. The summed E-state index contributed by atoms with van der Waals surface area (Å²) in [6, 6.07) is 0. The third kappa shape index (κ3) is 4.08. The van der Waals surface area contributed by atoms with Crippen LogP contribution in [0, 0.1) is 29.6 Å². The van der Waals surface area contributed by atoms with Gasteiger partial charge < -0.3 is 14.2 Å². The van der Waals surface area contributed by atoms with Crippen LogP contribution >= 0.6 is 0 Å². The molecule has 6 heteroatoms. The van der Waals surface area contributed by atoms with E-state index in [4.69, 9.17) is 24.0 Å². The van der Waals surface area contributed by atoms with E-state index in [9.17, 15) is 4.79 Å². The van der Waals surface area contributed by atoms with Gasteiger partial charge in [0.05, 0.1) is 12.0 Å². The van der Waals surface area contributed by atoms with Crippen molar-refractivity contribution in [1.29, 1.82) is 0 Å². The molecule has 2 saturated heterocycles. The highest BCUT2D eigenvalue weighted by atomic mass is 17.2. The van der Waals surface area contributed by atoms with Gasteiger partial charge in [0, 0.05) is 12.3 Å². The van der Waals surface area contributed by atoms with Crippen molar-refractivity contribution in [2.75, 3.05) is 0 Å². The predicted molar refractivity (Wildman–Crippen MR) is 94.5 cm³/mol. The first-order chi connectivity index (χ1) is 12.2. The molecule has 2 aliphatic heterocycles. The molecule has 26 heavy (non-hydrogen) atoms. The van der Waals surface area contributed by atoms with Gasteiger partial charge in [-0.25, -0.2) is 9.78 Å². The molecule has 2 bridgehead atoms. The van der Waals surface area contributed by atoms with Gasteiger partial charge in [-0.3, -0.25) is 4.79 Å². The summed E-state index contributed by atoms with van der Waals surface area (Å²) in [5, 5.41) is 0. The van der Waals surface area contributed by atoms with Crippen LogP contribution < -0.4 is 0 Å². The highest BCUT2D eigenvalue weighted by molar-refractivity contribution is 5.71. The summed E-state index contributed by atoms with van der Waals surface area (Å²) in [4.78, 5) is 24.0. The molecule has 0 unspecified atom stereocenters. The normalized spacial score (nSPS) is 46.7. The number of rotatable bonds is 2. The molecule has 0 amide bonds. The fourth-order valence-electron chi connectivity index (χ4n) is 4.61. The molecule has 150 valence electrons. The Morgan fingerprint density at radius 2 is 1.85 bits per heavy atom. The van der Waals surface area contributed by atoms with E-state index in [1.165, 1.54) is 0 Å². The lowest BCUT2D eigenvalue weighted by molar-refractivity contribution is -0.472. The maximum atomic E-state index is 12.2. The Morgan fingerprint density at radius 3 is 2.54 bits per heavy atom. The van der Waals surface area contributed by atoms with Crippen molar-refractivity contribution in [1.82, 2.24) is 0 Å². The quantitative estimate of drug-likeness (QED) is 0.540. The van der Waals surface area contributed by atoms with E-state index in [1.54, 1.807) is 0 Å². The lowest BCUT2D eigenvalue weighted by Gasteiger charge is -2.44. The van der Waals surface area contributed by atoms with Crippen molar-refractivity contribution in [3.63, 3.8) is 0 Å². The Hall–Kier alpha value is -0.690. The Bertz CT molecular complexity index is 509. The number of esters is 1. The van der Waals surface area contributed by atoms with Gasteiger partial charge in [-0.15, -0.1) is 0 Å². The summed E-state index contributed by atoms with van der Waals surface area (Å²) < 4.78 is 17.8. The summed E-state index contributed by atoms with van der Waals surface area (Å²) in [6.45, 7) is 11.7. The summed E-state index contributed by atoms with van der Waals surface area (Å²) >= 11 is 0. The second-order valence-electron chi connectivity index (χ2n) is 8.84. The molecule has 0 N–H and O–H groups in total. The number of ether oxygens (including phenoxy) is 3. The monoisotopic (exact) mass is 370 g/mol. The maximum absolute atomic E-state index is 12.2. The lowest BCUT2D eigenvalue weighted by atomic mass is 9.67. The van der Waals surface area contributed by atoms with Crippen LogP contribution in [0.3, 0.4) is 0 Å². The fourth-order valence-corrected chi connectivity index (χ4v) is 4.61. The van der Waals surface area contributed by atoms with E-state index in [0.717, 1.165) is 25.7 Å². The van der Waals surface area contributed by atoms with E-state index < -0.39 is 18.4 Å². The molecular formula is C20H34O6. The number of fused-ring (bicyclic) bond motifs is 2. The van der Waals surface area contributed by atoms with Crippen LogP contribution in [0.15, 0.2) is 0 Å². The van der Waals surface area contributed by atoms with Gasteiger partial charge in [-0.1, -0.05) is 27.7 Å². The van der Waals surface area contributed by atoms with E-state index in [0.29, 0.717) is 11.8 Å². The summed E-state index contributed by atoms with van der Waals surface area (Å²) in [6.07, 6.45) is 2.65. The zero-order chi connectivity index (χ0) is 19.1. The maximum Gasteiger partial charge on any atom is 0.310 e. The Labute approximate surface area is 156 Å². The van der Waals surface area contributed by atoms with Crippen LogP contribution in [-0.4, -0.2) is 30.4 Å². The third-order valence-electron chi connectivity index (χ3n) is 6.35. The molecule has 3 fully saturated rings. The second-order valence-corrected chi connectivity index (χ2v) is 8.84. The zero-order valence-corrected chi connectivity index (χ0v) is 16.9. The van der Waals surface area contributed by atoms with Gasteiger partial charge in [0.15, 0.2) is 6.29 Å². The summed E-state index contributed by atoms with van der Waals surface area (Å²) in [7, 11) is 0. The smallest absolute Gasteiger partial charge is 0.310 e. The first-order valence-electron chi connectivity index (χ1n) is 10.1. The predicted octanol–water partition coefficient (Wildman–Crippen LogP) is 4.03. The molecule has 0 spiro atoms. The van der Waals surface area contributed by atoms with Crippen molar-refractivity contribution in [2.45, 2.75) is 91.7 Å². The average molecular weight is 370 g/mol. The van der Waals surface area contributed by atoms with Gasteiger partial charge in [0.2, 0.25) is 12.1 Å². The first-order valence-corrected chi connectivity index (χ1v) is 10.1. The highest BCUT2D eigenvalue weighted by Gasteiger charge is 2.49. The van der Waals surface area contributed by atoms with Crippen molar-refractivity contribution < 1.29 is 28.8 Å². The molecule has 6 nitrogen and oxygen atoms in total. The van der Waals surface area contributed by atoms with Crippen LogP contribution in [0.25, 0.3) is 0 Å². The topological polar surface area (TPSA) is 63.2 Å². The number of hydrogen-bond donors (Lipinski definition) is 0. The number of carbonyl (C=O) groups is 1. The molecule has 1 aliphatic carbocycles. The molecule has 3 rings (SSSR count). The van der Waals surface area contributed by atoms with Crippen molar-refractivity contribution in [2.24, 2.45) is 29.6 Å². The second kappa shape index (κ2) is 7.74. The third-order valence-corrected chi connectivity index (χ3v) is 6.35. The first kappa shape index (κ1) is 20.1. The molecular weight excluding hydrogens is 336 g/mol. The minimum Gasteiger partial charge on any atom is -0.435 e. The van der Waals surface area contributed by atoms with Crippen molar-refractivity contribution in [3.05, 3.63) is 0 Å². The molecule has 8 atom stereocenters. The van der Waals surface area contributed by atoms with Crippen LogP contribution in [0.4, 0.5) is 0 Å². The zero-order valence-electron chi connectivity index (χ0n) is 16.9. The fraction of sp³-hybridized carbons (Fsp3) is 0.950. The SMILES string of the molecule is CC(C)C(=O)O[C@@H]1O[C@@H](C)O[C@@]2(C)CC[C@@H]3[C@@H](OO2)[C@@H](CC[C@H]3C)[C@H]1C. The average Bonchev–Trinajstić information content (AvgIpc) is 2.74. The lowest BCUT2D eigenvalue weighted by Crippen LogP contribution is -2.48. The van der Waals surface area contributed by atoms with E-state index in [2.05, 4.69) is 13.8 Å². The van der Waals surface area contributed by atoms with Gasteiger partial charge in [0.1, 0.15) is 0 Å². The van der Waals surface area contributed by atoms with E-state index in [-0.39, 0.29) is 29.8 Å². The van der Waals surface area contributed by atoms with Crippen LogP contribution in [0.2, 0.25) is 0 Å². The van der Waals surface area contributed by atoms with Crippen LogP contribution in [0.1, 0.15) is 67.2 Å². The molecule has 2 heterocycles. The molecule has 0 aromatic carbocycles. The van der Waals surface area contributed by atoms with Crippen LogP contribution in [0.5, 0.6) is 0 Å². The van der Waals surface area contributed by atoms with Gasteiger partial charge in [-0.05, 0) is 50.9 Å². The summed E-state index contributed by atoms with van der Waals surface area (Å²) in [5.41, 5.74) is 0. The molecule has 0 aromatic heterocycles. The van der Waals surface area contributed by atoms with Gasteiger partial charge in [-0.2, -0.15) is 0 Å². The van der Waals surface area contributed by atoms with Crippen molar-refractivity contribution in [3.8, 4) is 0 Å². The largest absolute Gasteiger partial charge is 0.435 e. The highest BCUT2D eigenvalue weighted by Crippen LogP contribution is 2.47. The molecule has 0 radical (unpaired) electrons. The molecule has 0 aromatic rings. The van der Waals surface area contributed by atoms with Gasteiger partial charge >= 0.3 is 5.97 Å². The van der Waals surface area contributed by atoms with Crippen molar-refractivity contribution >= 4 is 5.97 Å². The standard InChI is InChI=1S/C20H34O6/c1-11(2)18(21)23-19-13(4)16-8-7-12(3)15-9-10-20(6,24-14(5)22-19)26-25-17(15)16/h11-17,19H,7-10H2,1-6H3/t12-,13-,14-,15+,16+,17-,19+,20-/m1/s1. The minimum absolute atomic E-state index is 0.00481. The van der Waals surface area contributed by atoms with Crippen LogP contribution in [-0.2, 0) is 28.8 Å². The number of carbonyl (C=O) groups excluding carboxylic acids is 1. The Kier molecular flexibility index (Phi) is 5.97. The van der Waals surface area contributed by atoms with Gasteiger partial charge in [0.25, 0.3) is 0 Å². The van der Waals surface area contributed by atoms with E-state index >= 15 is 0 Å². The molecule has 1 saturated carbocycles. The minimum atomic E-state index is -0.853.